The third-order valence-corrected chi connectivity index (χ3v) is 18.3. The Kier molecular flexibility index (Phi) is 14.5. The number of ketones is 1. The molecule has 234 valence electrons. The van der Waals surface area contributed by atoms with Gasteiger partial charge in [-0.3, -0.25) is 9.59 Å². The molecule has 0 heterocycles. The monoisotopic (exact) mass is 598 g/mol. The summed E-state index contributed by atoms with van der Waals surface area (Å²) in [6.07, 6.45) is 4.86. The molecule has 0 bridgehead atoms. The van der Waals surface area contributed by atoms with Crippen LogP contribution in [0.2, 0.25) is 36.3 Å². The first-order valence-electron chi connectivity index (χ1n) is 15.0. The number of aliphatic carboxylic acids is 1. The van der Waals surface area contributed by atoms with Gasteiger partial charge in [0.05, 0.1) is 24.2 Å². The van der Waals surface area contributed by atoms with Crippen LogP contribution in [0.3, 0.4) is 0 Å². The third-order valence-electron chi connectivity index (χ3n) is 9.34. The predicted molar refractivity (Wildman–Crippen MR) is 173 cm³/mol. The van der Waals surface area contributed by atoms with Gasteiger partial charge in [0.2, 0.25) is 0 Å². The van der Waals surface area contributed by atoms with Crippen LogP contribution in [0.4, 0.5) is 0 Å². The van der Waals surface area contributed by atoms with Gasteiger partial charge in [-0.15, -0.1) is 0 Å². The second kappa shape index (κ2) is 14.9. The molecule has 0 aliphatic heterocycles. The standard InChI is InChI=1S/C32H62O6Si2/c1-17-26(33)22(3)20-23(4)28(37-39(13,14)31(7,8)9)21(2)18-19-27(34)24(5)29(25(6)30(35)36)38-40(15,16)32(10,11)12/h18-21,23-26,28-29,33H,17H2,1-16H3,(H,35,36)/b19-18+,22-20+/t21-,23-,24-,25-,26-,28+,29+/m1/s1. The molecule has 0 unspecified atom stereocenters. The van der Waals surface area contributed by atoms with E-state index in [-0.39, 0.29) is 33.8 Å². The normalized spacial score (nSPS) is 19.6. The largest absolute Gasteiger partial charge is 0.481 e. The lowest BCUT2D eigenvalue weighted by Crippen LogP contribution is -2.49. The highest BCUT2D eigenvalue weighted by atomic mass is 28.4. The number of carbonyl (C=O) groups excluding carboxylic acids is 1. The maximum absolute atomic E-state index is 13.5. The molecular formula is C32H62O6Si2. The van der Waals surface area contributed by atoms with Crippen LogP contribution in [0, 0.1) is 23.7 Å². The van der Waals surface area contributed by atoms with E-state index in [4.69, 9.17) is 8.85 Å². The molecule has 0 aromatic carbocycles. The fourth-order valence-corrected chi connectivity index (χ4v) is 7.02. The molecule has 0 aromatic rings. The van der Waals surface area contributed by atoms with E-state index >= 15 is 0 Å². The minimum Gasteiger partial charge on any atom is -0.481 e. The summed E-state index contributed by atoms with van der Waals surface area (Å²) in [5.41, 5.74) is 0.924. The molecule has 0 spiro atoms. The van der Waals surface area contributed by atoms with Gasteiger partial charge in [-0.2, -0.15) is 0 Å². The summed E-state index contributed by atoms with van der Waals surface area (Å²) in [5, 5.41) is 20.1. The van der Waals surface area contributed by atoms with Crippen molar-refractivity contribution in [2.45, 2.75) is 144 Å². The number of carboxylic acids is 1. The average Bonchev–Trinajstić information content (AvgIpc) is 2.80. The zero-order valence-corrected chi connectivity index (χ0v) is 30.5. The van der Waals surface area contributed by atoms with Crippen molar-refractivity contribution in [2.75, 3.05) is 0 Å². The Balaban J connectivity index is 6.26. The topological polar surface area (TPSA) is 93.1 Å². The smallest absolute Gasteiger partial charge is 0.308 e. The van der Waals surface area contributed by atoms with Gasteiger partial charge in [0.15, 0.2) is 22.4 Å². The number of rotatable bonds is 15. The predicted octanol–water partition coefficient (Wildman–Crippen LogP) is 8.24. The highest BCUT2D eigenvalue weighted by Crippen LogP contribution is 2.41. The Morgan fingerprint density at radius 1 is 0.800 bits per heavy atom. The molecule has 0 aromatic heterocycles. The number of aliphatic hydroxyl groups is 1. The molecule has 0 saturated carbocycles. The van der Waals surface area contributed by atoms with Crippen molar-refractivity contribution in [3.8, 4) is 0 Å². The highest BCUT2D eigenvalue weighted by molar-refractivity contribution is 6.74. The van der Waals surface area contributed by atoms with E-state index in [9.17, 15) is 19.8 Å². The molecule has 40 heavy (non-hydrogen) atoms. The maximum Gasteiger partial charge on any atom is 0.308 e. The van der Waals surface area contributed by atoms with E-state index < -0.39 is 46.6 Å². The fraction of sp³-hybridized carbons (Fsp3) is 0.812. The highest BCUT2D eigenvalue weighted by Gasteiger charge is 2.44. The summed E-state index contributed by atoms with van der Waals surface area (Å²) >= 11 is 0. The first kappa shape index (κ1) is 38.9. The molecular weight excluding hydrogens is 537 g/mol. The minimum atomic E-state index is -2.32. The SMILES string of the molecule is CC[C@@H](O)/C(C)=C/[C@@H](C)[C@@H](O[Si](C)(C)C(C)(C)C)[C@H](C)/C=C/C(=O)[C@@H](C)[C@H](O[Si](C)(C)C(C)(C)C)[C@@H](C)C(=O)O. The summed E-state index contributed by atoms with van der Waals surface area (Å²) in [6.45, 7) is 33.0. The van der Waals surface area contributed by atoms with Crippen LogP contribution >= 0.6 is 0 Å². The summed E-state index contributed by atoms with van der Waals surface area (Å²) < 4.78 is 13.4. The second-order valence-electron chi connectivity index (χ2n) is 14.9. The number of aliphatic hydroxyl groups excluding tert-OH is 1. The molecule has 8 heteroatoms. The lowest BCUT2D eigenvalue weighted by molar-refractivity contribution is -0.146. The van der Waals surface area contributed by atoms with E-state index in [1.807, 2.05) is 19.9 Å². The molecule has 0 rings (SSSR count). The molecule has 6 nitrogen and oxygen atoms in total. The second-order valence-corrected chi connectivity index (χ2v) is 24.4. The zero-order valence-electron chi connectivity index (χ0n) is 28.5. The summed E-state index contributed by atoms with van der Waals surface area (Å²) in [6, 6.07) is 0. The van der Waals surface area contributed by atoms with Crippen LogP contribution in [-0.4, -0.2) is 56.9 Å². The van der Waals surface area contributed by atoms with Gasteiger partial charge < -0.3 is 19.1 Å². The summed E-state index contributed by atoms with van der Waals surface area (Å²) in [7, 11) is -4.46. The van der Waals surface area contributed by atoms with Crippen LogP contribution < -0.4 is 0 Å². The van der Waals surface area contributed by atoms with Gasteiger partial charge in [-0.05, 0) is 80.0 Å². The van der Waals surface area contributed by atoms with E-state index in [1.54, 1.807) is 19.9 Å². The van der Waals surface area contributed by atoms with Crippen LogP contribution in [0.5, 0.6) is 0 Å². The van der Waals surface area contributed by atoms with E-state index in [1.165, 1.54) is 0 Å². The molecule has 2 N–H and O–H groups in total. The Bertz CT molecular complexity index is 894. The molecule has 0 radical (unpaired) electrons. The maximum atomic E-state index is 13.5. The Morgan fingerprint density at radius 2 is 1.23 bits per heavy atom. The fourth-order valence-electron chi connectivity index (χ4n) is 4.12. The van der Waals surface area contributed by atoms with E-state index in [0.717, 1.165) is 5.57 Å². The summed E-state index contributed by atoms with van der Waals surface area (Å²) in [4.78, 5) is 25.4. The van der Waals surface area contributed by atoms with E-state index in [0.29, 0.717) is 6.42 Å². The number of hydrogen-bond donors (Lipinski definition) is 2. The van der Waals surface area contributed by atoms with Crippen molar-refractivity contribution in [1.82, 2.24) is 0 Å². The van der Waals surface area contributed by atoms with Gasteiger partial charge >= 0.3 is 5.97 Å². The first-order chi connectivity index (χ1) is 17.8. The van der Waals surface area contributed by atoms with Crippen LogP contribution in [0.1, 0.15) is 89.5 Å². The van der Waals surface area contributed by atoms with Crippen LogP contribution in [0.25, 0.3) is 0 Å². The van der Waals surface area contributed by atoms with Crippen molar-refractivity contribution >= 4 is 28.4 Å². The molecule has 0 aliphatic carbocycles. The third kappa shape index (κ3) is 11.0. The lowest BCUT2D eigenvalue weighted by atomic mass is 9.88. The zero-order chi connectivity index (χ0) is 32.0. The average molecular weight is 599 g/mol. The van der Waals surface area contributed by atoms with Gasteiger partial charge in [0.25, 0.3) is 0 Å². The van der Waals surface area contributed by atoms with Crippen LogP contribution in [0.15, 0.2) is 23.8 Å². The number of hydrogen-bond acceptors (Lipinski definition) is 5. The van der Waals surface area contributed by atoms with Crippen molar-refractivity contribution in [1.29, 1.82) is 0 Å². The molecule has 7 atom stereocenters. The number of carbonyl (C=O) groups is 2. The molecule has 0 saturated heterocycles. The lowest BCUT2D eigenvalue weighted by Gasteiger charge is -2.42. The van der Waals surface area contributed by atoms with Gasteiger partial charge in [0.1, 0.15) is 0 Å². The molecule has 0 fully saturated rings. The van der Waals surface area contributed by atoms with Crippen molar-refractivity contribution in [2.24, 2.45) is 23.7 Å². The number of allylic oxidation sites excluding steroid dienone is 1. The van der Waals surface area contributed by atoms with Gasteiger partial charge in [-0.1, -0.05) is 81.4 Å². The molecule has 0 amide bonds. The van der Waals surface area contributed by atoms with Crippen molar-refractivity contribution < 1.29 is 28.7 Å². The Hall–Kier alpha value is -1.07. The minimum absolute atomic E-state index is 0.0156. The number of carboxylic acid groups (broad SMARTS) is 1. The quantitative estimate of drug-likeness (QED) is 0.112. The summed E-state index contributed by atoms with van der Waals surface area (Å²) in [5.74, 6) is -2.59. The van der Waals surface area contributed by atoms with Crippen LogP contribution in [-0.2, 0) is 18.4 Å². The van der Waals surface area contributed by atoms with E-state index in [2.05, 4.69) is 87.7 Å². The van der Waals surface area contributed by atoms with Gasteiger partial charge in [0, 0.05) is 5.92 Å². The van der Waals surface area contributed by atoms with Crippen molar-refractivity contribution in [3.63, 3.8) is 0 Å². The Morgan fingerprint density at radius 3 is 1.60 bits per heavy atom. The first-order valence-corrected chi connectivity index (χ1v) is 20.8. The molecule has 0 aliphatic rings. The van der Waals surface area contributed by atoms with Crippen molar-refractivity contribution in [3.05, 3.63) is 23.8 Å². The van der Waals surface area contributed by atoms with Gasteiger partial charge in [-0.25, -0.2) is 0 Å². The Labute approximate surface area is 248 Å².